The molecule has 2 aliphatic rings. The van der Waals surface area contributed by atoms with Gasteiger partial charge in [-0.25, -0.2) is 0 Å². The largest absolute Gasteiger partial charge is 0.312 e. The van der Waals surface area contributed by atoms with Gasteiger partial charge in [-0.1, -0.05) is 26.7 Å². The van der Waals surface area contributed by atoms with E-state index in [4.69, 9.17) is 0 Å². The highest BCUT2D eigenvalue weighted by Gasteiger charge is 2.24. The Morgan fingerprint density at radius 1 is 1.19 bits per heavy atom. The quantitative estimate of drug-likeness (QED) is 0.790. The molecule has 0 bridgehead atoms. The van der Waals surface area contributed by atoms with E-state index in [0.29, 0.717) is 0 Å². The van der Waals surface area contributed by atoms with Crippen LogP contribution in [0.4, 0.5) is 0 Å². The van der Waals surface area contributed by atoms with Gasteiger partial charge in [0.1, 0.15) is 0 Å². The molecule has 0 amide bonds. The van der Waals surface area contributed by atoms with Gasteiger partial charge in [0.15, 0.2) is 0 Å². The maximum Gasteiger partial charge on any atom is 0.0221 e. The molecule has 0 aromatic heterocycles. The van der Waals surface area contributed by atoms with E-state index in [1.807, 2.05) is 0 Å². The molecule has 94 valence electrons. The van der Waals surface area contributed by atoms with Gasteiger partial charge in [0.2, 0.25) is 0 Å². The highest BCUT2D eigenvalue weighted by Crippen LogP contribution is 2.24. The number of likely N-dealkylation sites (N-methyl/N-ethyl adjacent to an activating group) is 1. The second-order valence-corrected chi connectivity index (χ2v) is 5.80. The molecule has 1 aliphatic heterocycles. The summed E-state index contributed by atoms with van der Waals surface area (Å²) < 4.78 is 0. The van der Waals surface area contributed by atoms with Crippen molar-refractivity contribution in [3.63, 3.8) is 0 Å². The summed E-state index contributed by atoms with van der Waals surface area (Å²) in [5.74, 6) is 0.942. The molecule has 2 fully saturated rings. The van der Waals surface area contributed by atoms with E-state index in [0.717, 1.165) is 18.0 Å². The van der Waals surface area contributed by atoms with Crippen LogP contribution in [0.1, 0.15) is 52.4 Å². The second kappa shape index (κ2) is 6.02. The SMILES string of the molecule is CCN1CCCC1CNC1CCCC(C)C1. The van der Waals surface area contributed by atoms with Crippen LogP contribution in [-0.4, -0.2) is 36.6 Å². The van der Waals surface area contributed by atoms with Crippen molar-refractivity contribution in [1.29, 1.82) is 0 Å². The normalized spacial score (nSPS) is 36.8. The first-order valence-electron chi connectivity index (χ1n) is 7.27. The molecule has 0 spiro atoms. The zero-order valence-electron chi connectivity index (χ0n) is 11.0. The summed E-state index contributed by atoms with van der Waals surface area (Å²) >= 11 is 0. The van der Waals surface area contributed by atoms with Crippen molar-refractivity contribution in [3.8, 4) is 0 Å². The van der Waals surface area contributed by atoms with Crippen LogP contribution in [0.3, 0.4) is 0 Å². The minimum atomic E-state index is 0.808. The van der Waals surface area contributed by atoms with Gasteiger partial charge in [0, 0.05) is 18.6 Å². The number of hydrogen-bond acceptors (Lipinski definition) is 2. The van der Waals surface area contributed by atoms with Crippen LogP contribution in [0.25, 0.3) is 0 Å². The molecule has 1 saturated carbocycles. The molecular weight excluding hydrogens is 196 g/mol. The van der Waals surface area contributed by atoms with Crippen molar-refractivity contribution in [3.05, 3.63) is 0 Å². The van der Waals surface area contributed by atoms with Crippen LogP contribution in [0.5, 0.6) is 0 Å². The smallest absolute Gasteiger partial charge is 0.0221 e. The van der Waals surface area contributed by atoms with Crippen molar-refractivity contribution < 1.29 is 0 Å². The minimum Gasteiger partial charge on any atom is -0.312 e. The van der Waals surface area contributed by atoms with Gasteiger partial charge in [-0.3, -0.25) is 4.90 Å². The molecule has 3 atom stereocenters. The van der Waals surface area contributed by atoms with Crippen LogP contribution in [0.15, 0.2) is 0 Å². The maximum atomic E-state index is 3.82. The molecule has 2 nitrogen and oxygen atoms in total. The first-order chi connectivity index (χ1) is 7.79. The number of hydrogen-bond donors (Lipinski definition) is 1. The predicted octanol–water partition coefficient (Wildman–Crippen LogP) is 2.64. The molecule has 2 heteroatoms. The molecule has 16 heavy (non-hydrogen) atoms. The maximum absolute atomic E-state index is 3.82. The van der Waals surface area contributed by atoms with Gasteiger partial charge >= 0.3 is 0 Å². The van der Waals surface area contributed by atoms with E-state index in [1.165, 1.54) is 58.2 Å². The fraction of sp³-hybridized carbons (Fsp3) is 1.00. The summed E-state index contributed by atoms with van der Waals surface area (Å²) in [5, 5.41) is 3.82. The first kappa shape index (κ1) is 12.4. The first-order valence-corrected chi connectivity index (χ1v) is 7.27. The Bertz CT molecular complexity index is 205. The Labute approximate surface area is 101 Å². The minimum absolute atomic E-state index is 0.808. The molecule has 1 N–H and O–H groups in total. The van der Waals surface area contributed by atoms with Crippen LogP contribution in [0.2, 0.25) is 0 Å². The lowest BCUT2D eigenvalue weighted by Gasteiger charge is -2.30. The van der Waals surface area contributed by atoms with E-state index in [9.17, 15) is 0 Å². The molecular formula is C14H28N2. The summed E-state index contributed by atoms with van der Waals surface area (Å²) in [6, 6.07) is 1.63. The van der Waals surface area contributed by atoms with Gasteiger partial charge in [-0.05, 0) is 44.7 Å². The zero-order chi connectivity index (χ0) is 11.4. The lowest BCUT2D eigenvalue weighted by Crippen LogP contribution is -2.43. The number of nitrogens with one attached hydrogen (secondary N) is 1. The average Bonchev–Trinajstić information content (AvgIpc) is 2.74. The van der Waals surface area contributed by atoms with Gasteiger partial charge in [0.25, 0.3) is 0 Å². The fourth-order valence-corrected chi connectivity index (χ4v) is 3.46. The lowest BCUT2D eigenvalue weighted by molar-refractivity contribution is 0.234. The molecule has 3 unspecified atom stereocenters. The Hall–Kier alpha value is -0.0800. The second-order valence-electron chi connectivity index (χ2n) is 5.80. The fourth-order valence-electron chi connectivity index (χ4n) is 3.46. The van der Waals surface area contributed by atoms with Crippen LogP contribution < -0.4 is 5.32 Å². The number of likely N-dealkylation sites (tertiary alicyclic amines) is 1. The van der Waals surface area contributed by atoms with Gasteiger partial charge < -0.3 is 5.32 Å². The molecule has 1 heterocycles. The van der Waals surface area contributed by atoms with E-state index in [1.54, 1.807) is 0 Å². The third-order valence-corrected chi connectivity index (χ3v) is 4.48. The van der Waals surface area contributed by atoms with E-state index in [2.05, 4.69) is 24.1 Å². The highest BCUT2D eigenvalue weighted by atomic mass is 15.2. The summed E-state index contributed by atoms with van der Waals surface area (Å²) in [7, 11) is 0. The van der Waals surface area contributed by atoms with Crippen molar-refractivity contribution in [1.82, 2.24) is 10.2 Å². The molecule has 0 radical (unpaired) electrons. The third kappa shape index (κ3) is 3.21. The average molecular weight is 224 g/mol. The summed E-state index contributed by atoms with van der Waals surface area (Å²) in [6.07, 6.45) is 8.50. The van der Waals surface area contributed by atoms with Crippen LogP contribution in [-0.2, 0) is 0 Å². The molecule has 1 saturated heterocycles. The van der Waals surface area contributed by atoms with E-state index < -0.39 is 0 Å². The summed E-state index contributed by atoms with van der Waals surface area (Å²) in [5.41, 5.74) is 0. The Morgan fingerprint density at radius 3 is 2.81 bits per heavy atom. The highest BCUT2D eigenvalue weighted by molar-refractivity contribution is 4.83. The monoisotopic (exact) mass is 224 g/mol. The van der Waals surface area contributed by atoms with Crippen molar-refractivity contribution in [2.24, 2.45) is 5.92 Å². The standard InChI is InChI=1S/C14H28N2/c1-3-16-9-5-8-14(16)11-15-13-7-4-6-12(2)10-13/h12-15H,3-11H2,1-2H3. The van der Waals surface area contributed by atoms with Gasteiger partial charge in [0.05, 0.1) is 0 Å². The zero-order valence-corrected chi connectivity index (χ0v) is 11.0. The van der Waals surface area contributed by atoms with Crippen molar-refractivity contribution in [2.75, 3.05) is 19.6 Å². The predicted molar refractivity (Wildman–Crippen MR) is 69.7 cm³/mol. The summed E-state index contributed by atoms with van der Waals surface area (Å²) in [6.45, 7) is 8.48. The van der Waals surface area contributed by atoms with E-state index >= 15 is 0 Å². The Kier molecular flexibility index (Phi) is 4.66. The summed E-state index contributed by atoms with van der Waals surface area (Å²) in [4.78, 5) is 2.64. The van der Waals surface area contributed by atoms with Gasteiger partial charge in [-0.2, -0.15) is 0 Å². The molecule has 0 aromatic rings. The molecule has 0 aromatic carbocycles. The van der Waals surface area contributed by atoms with Crippen LogP contribution in [0, 0.1) is 5.92 Å². The van der Waals surface area contributed by atoms with E-state index in [-0.39, 0.29) is 0 Å². The third-order valence-electron chi connectivity index (χ3n) is 4.48. The number of rotatable bonds is 4. The molecule has 1 aliphatic carbocycles. The Morgan fingerprint density at radius 2 is 2.06 bits per heavy atom. The molecule has 2 rings (SSSR count). The lowest BCUT2D eigenvalue weighted by atomic mass is 9.87. The van der Waals surface area contributed by atoms with Gasteiger partial charge in [-0.15, -0.1) is 0 Å². The van der Waals surface area contributed by atoms with Crippen molar-refractivity contribution in [2.45, 2.75) is 64.5 Å². The van der Waals surface area contributed by atoms with Crippen LogP contribution >= 0.6 is 0 Å². The Balaban J connectivity index is 1.70. The topological polar surface area (TPSA) is 15.3 Å². The van der Waals surface area contributed by atoms with Crippen molar-refractivity contribution >= 4 is 0 Å². The number of nitrogens with zero attached hydrogens (tertiary/aromatic N) is 1.